The molecule has 1 fully saturated rings. The minimum atomic E-state index is -4.44. The predicted octanol–water partition coefficient (Wildman–Crippen LogP) is 3.99. The lowest BCUT2D eigenvalue weighted by molar-refractivity contribution is -0.137. The highest BCUT2D eigenvalue weighted by molar-refractivity contribution is 8.00. The molecule has 138 valence electrons. The van der Waals surface area contributed by atoms with Gasteiger partial charge in [0.1, 0.15) is 5.25 Å². The highest BCUT2D eigenvalue weighted by Crippen LogP contribution is 2.39. The van der Waals surface area contributed by atoms with Gasteiger partial charge < -0.3 is 11.1 Å². The van der Waals surface area contributed by atoms with Crippen LogP contribution in [0.4, 0.5) is 13.2 Å². The number of carbonyl (C=O) groups is 1. The van der Waals surface area contributed by atoms with Gasteiger partial charge in [0.05, 0.1) is 5.56 Å². The molecule has 0 spiro atoms. The Hall–Kier alpha value is -1.99. The van der Waals surface area contributed by atoms with Gasteiger partial charge in [-0.1, -0.05) is 36.4 Å². The van der Waals surface area contributed by atoms with E-state index >= 15 is 0 Å². The van der Waals surface area contributed by atoms with E-state index in [4.69, 9.17) is 5.73 Å². The molecular weight excluding hydrogens is 361 g/mol. The van der Waals surface area contributed by atoms with Crippen LogP contribution in [0.25, 0.3) is 11.1 Å². The van der Waals surface area contributed by atoms with E-state index in [-0.39, 0.29) is 17.5 Å². The molecule has 1 saturated heterocycles. The first kappa shape index (κ1) is 18.8. The van der Waals surface area contributed by atoms with E-state index in [0.29, 0.717) is 17.7 Å². The van der Waals surface area contributed by atoms with Crippen LogP contribution >= 0.6 is 11.8 Å². The van der Waals surface area contributed by atoms with Crippen molar-refractivity contribution in [3.8, 4) is 11.1 Å². The number of rotatable bonds is 3. The van der Waals surface area contributed by atoms with E-state index in [1.807, 2.05) is 0 Å². The minimum absolute atomic E-state index is 0.0610. The maximum atomic E-state index is 13.3. The third-order valence-electron chi connectivity index (χ3n) is 4.35. The standard InChI is InChI=1S/C19H19F3N2OS/c20-19(21,22)16-7-2-1-6-15(16)12-4-3-5-13(10-12)17-18(25)24-14(11-23)8-9-26-17/h1-7,10,14,17H,8-9,11,23H2,(H,24,25)/t14-,17+/m0/s1. The fraction of sp³-hybridized carbons (Fsp3) is 0.316. The average Bonchev–Trinajstić information content (AvgIpc) is 2.82. The van der Waals surface area contributed by atoms with Crippen molar-refractivity contribution < 1.29 is 18.0 Å². The summed E-state index contributed by atoms with van der Waals surface area (Å²) in [5.41, 5.74) is 6.22. The number of hydrogen-bond acceptors (Lipinski definition) is 3. The van der Waals surface area contributed by atoms with Gasteiger partial charge in [0.25, 0.3) is 0 Å². The van der Waals surface area contributed by atoms with E-state index in [1.54, 1.807) is 30.3 Å². The summed E-state index contributed by atoms with van der Waals surface area (Å²) in [6.45, 7) is 0.373. The highest BCUT2D eigenvalue weighted by atomic mass is 32.2. The number of benzene rings is 2. The lowest BCUT2D eigenvalue weighted by Crippen LogP contribution is -2.40. The van der Waals surface area contributed by atoms with E-state index in [2.05, 4.69) is 5.32 Å². The Morgan fingerprint density at radius 2 is 1.92 bits per heavy atom. The van der Waals surface area contributed by atoms with E-state index in [0.717, 1.165) is 18.2 Å². The van der Waals surface area contributed by atoms with Crippen LogP contribution in [-0.4, -0.2) is 24.2 Å². The van der Waals surface area contributed by atoms with Crippen molar-refractivity contribution >= 4 is 17.7 Å². The smallest absolute Gasteiger partial charge is 0.351 e. The fourth-order valence-corrected chi connectivity index (χ4v) is 4.24. The summed E-state index contributed by atoms with van der Waals surface area (Å²) in [6, 6.07) is 12.2. The molecule has 2 atom stereocenters. The Labute approximate surface area is 154 Å². The Kier molecular flexibility index (Phi) is 5.58. The second-order valence-corrected chi connectivity index (χ2v) is 7.36. The topological polar surface area (TPSA) is 55.1 Å². The van der Waals surface area contributed by atoms with E-state index in [1.165, 1.54) is 23.9 Å². The summed E-state index contributed by atoms with van der Waals surface area (Å²) in [4.78, 5) is 12.5. The molecule has 2 aromatic rings. The summed E-state index contributed by atoms with van der Waals surface area (Å²) in [7, 11) is 0. The molecule has 0 unspecified atom stereocenters. The first-order valence-corrected chi connectivity index (χ1v) is 9.33. The molecular formula is C19H19F3N2OS. The van der Waals surface area contributed by atoms with Crippen LogP contribution in [0.3, 0.4) is 0 Å². The summed E-state index contributed by atoms with van der Waals surface area (Å²) in [5.74, 6) is 0.610. The molecule has 2 aromatic carbocycles. The number of nitrogens with two attached hydrogens (primary N) is 1. The Morgan fingerprint density at radius 3 is 2.65 bits per heavy atom. The summed E-state index contributed by atoms with van der Waals surface area (Å²) in [6.07, 6.45) is -3.66. The van der Waals surface area contributed by atoms with Crippen molar-refractivity contribution in [2.24, 2.45) is 5.73 Å². The molecule has 0 bridgehead atoms. The second kappa shape index (κ2) is 7.72. The molecule has 1 aliphatic rings. The van der Waals surface area contributed by atoms with E-state index in [9.17, 15) is 18.0 Å². The molecule has 0 aliphatic carbocycles. The molecule has 7 heteroatoms. The molecule has 1 aliphatic heterocycles. The van der Waals surface area contributed by atoms with Crippen LogP contribution < -0.4 is 11.1 Å². The molecule has 3 N–H and O–H groups in total. The number of amides is 1. The number of halogens is 3. The normalized spacial score (nSPS) is 21.2. The Bertz CT molecular complexity index is 794. The average molecular weight is 380 g/mol. The zero-order valence-corrected chi connectivity index (χ0v) is 14.7. The molecule has 0 radical (unpaired) electrons. The highest BCUT2D eigenvalue weighted by Gasteiger charge is 2.33. The summed E-state index contributed by atoms with van der Waals surface area (Å²) in [5, 5.41) is 2.45. The molecule has 26 heavy (non-hydrogen) atoms. The van der Waals surface area contributed by atoms with E-state index < -0.39 is 17.0 Å². The number of thioether (sulfide) groups is 1. The van der Waals surface area contributed by atoms with Crippen LogP contribution in [0.5, 0.6) is 0 Å². The number of carbonyl (C=O) groups excluding carboxylic acids is 1. The third-order valence-corrected chi connectivity index (χ3v) is 5.64. The van der Waals surface area contributed by atoms with Gasteiger partial charge in [-0.05, 0) is 41.0 Å². The van der Waals surface area contributed by atoms with Gasteiger partial charge in [0.15, 0.2) is 0 Å². The molecule has 1 amide bonds. The third kappa shape index (κ3) is 4.04. The van der Waals surface area contributed by atoms with Gasteiger partial charge in [-0.3, -0.25) is 4.79 Å². The number of hydrogen-bond donors (Lipinski definition) is 2. The first-order valence-electron chi connectivity index (χ1n) is 8.28. The van der Waals surface area contributed by atoms with Gasteiger partial charge in [-0.25, -0.2) is 0 Å². The monoisotopic (exact) mass is 380 g/mol. The summed E-state index contributed by atoms with van der Waals surface area (Å²) < 4.78 is 39.9. The first-order chi connectivity index (χ1) is 12.4. The van der Waals surface area contributed by atoms with Crippen molar-refractivity contribution in [3.05, 3.63) is 59.7 Å². The van der Waals surface area contributed by atoms with Crippen LogP contribution in [0.15, 0.2) is 48.5 Å². The predicted molar refractivity (Wildman–Crippen MR) is 97.7 cm³/mol. The zero-order chi connectivity index (χ0) is 18.7. The molecule has 0 aromatic heterocycles. The fourth-order valence-electron chi connectivity index (χ4n) is 3.03. The Morgan fingerprint density at radius 1 is 1.15 bits per heavy atom. The van der Waals surface area contributed by atoms with Crippen molar-refractivity contribution in [2.45, 2.75) is 23.9 Å². The summed E-state index contributed by atoms with van der Waals surface area (Å²) >= 11 is 1.49. The Balaban J connectivity index is 1.96. The lowest BCUT2D eigenvalue weighted by Gasteiger charge is -2.17. The maximum Gasteiger partial charge on any atom is 0.417 e. The van der Waals surface area contributed by atoms with Crippen LogP contribution in [-0.2, 0) is 11.0 Å². The van der Waals surface area contributed by atoms with Gasteiger partial charge in [-0.15, -0.1) is 11.8 Å². The molecule has 3 nitrogen and oxygen atoms in total. The zero-order valence-electron chi connectivity index (χ0n) is 13.9. The van der Waals surface area contributed by atoms with Crippen molar-refractivity contribution in [3.63, 3.8) is 0 Å². The molecule has 1 heterocycles. The van der Waals surface area contributed by atoms with Gasteiger partial charge in [0.2, 0.25) is 5.91 Å². The maximum absolute atomic E-state index is 13.3. The SMILES string of the molecule is NC[C@@H]1CCS[C@H](c2cccc(-c3ccccc3C(F)(F)F)c2)C(=O)N1. The van der Waals surface area contributed by atoms with Crippen LogP contribution in [0.1, 0.15) is 22.8 Å². The van der Waals surface area contributed by atoms with Crippen molar-refractivity contribution in [2.75, 3.05) is 12.3 Å². The number of alkyl halides is 3. The largest absolute Gasteiger partial charge is 0.417 e. The van der Waals surface area contributed by atoms with Crippen molar-refractivity contribution in [1.29, 1.82) is 0 Å². The second-order valence-electron chi connectivity index (χ2n) is 6.15. The number of nitrogens with one attached hydrogen (secondary N) is 1. The van der Waals surface area contributed by atoms with Gasteiger partial charge in [-0.2, -0.15) is 13.2 Å². The van der Waals surface area contributed by atoms with Crippen LogP contribution in [0.2, 0.25) is 0 Å². The van der Waals surface area contributed by atoms with Gasteiger partial charge in [0, 0.05) is 12.6 Å². The van der Waals surface area contributed by atoms with Gasteiger partial charge >= 0.3 is 6.18 Å². The quantitative estimate of drug-likeness (QED) is 0.847. The molecule has 3 rings (SSSR count). The van der Waals surface area contributed by atoms with Crippen molar-refractivity contribution in [1.82, 2.24) is 5.32 Å². The molecule has 0 saturated carbocycles. The minimum Gasteiger partial charge on any atom is -0.351 e. The van der Waals surface area contributed by atoms with Crippen LogP contribution in [0, 0.1) is 0 Å². The lowest BCUT2D eigenvalue weighted by atomic mass is 9.97.